The van der Waals surface area contributed by atoms with Crippen molar-refractivity contribution in [1.82, 2.24) is 19.9 Å². The van der Waals surface area contributed by atoms with Gasteiger partial charge in [-0.15, -0.1) is 0 Å². The summed E-state index contributed by atoms with van der Waals surface area (Å²) in [5.74, 6) is -1.14. The van der Waals surface area contributed by atoms with Crippen LogP contribution in [0.15, 0.2) is 66.9 Å². The highest BCUT2D eigenvalue weighted by molar-refractivity contribution is 6.07. The summed E-state index contributed by atoms with van der Waals surface area (Å²) in [6.07, 6.45) is 0.569. The smallest absolute Gasteiger partial charge is 0.413 e. The number of aromatic nitrogens is 3. The van der Waals surface area contributed by atoms with Gasteiger partial charge in [-0.05, 0) is 61.5 Å². The van der Waals surface area contributed by atoms with E-state index >= 15 is 0 Å². The van der Waals surface area contributed by atoms with E-state index in [1.165, 1.54) is 4.90 Å². The molecule has 0 saturated carbocycles. The van der Waals surface area contributed by atoms with Gasteiger partial charge in [0, 0.05) is 36.6 Å². The quantitative estimate of drug-likeness (QED) is 0.106. The first-order chi connectivity index (χ1) is 21.2. The zero-order valence-electron chi connectivity index (χ0n) is 24.1. The van der Waals surface area contributed by atoms with Crippen LogP contribution in [0.25, 0.3) is 11.0 Å². The normalized spacial score (nSPS) is 10.6. The maximum absolute atomic E-state index is 13.6. The molecule has 0 fully saturated rings. The van der Waals surface area contributed by atoms with Crippen LogP contribution in [0.5, 0.6) is 0 Å². The van der Waals surface area contributed by atoms with Crippen molar-refractivity contribution in [2.75, 3.05) is 30.0 Å². The monoisotopic (exact) mass is 601 g/mol. The fourth-order valence-electron chi connectivity index (χ4n) is 4.24. The number of hydrogen-bond donors (Lipinski definition) is 4. The average Bonchev–Trinajstić information content (AvgIpc) is 3.34. The molecule has 14 heteroatoms. The maximum Gasteiger partial charge on any atom is 0.413 e. The molecule has 0 bridgehead atoms. The van der Waals surface area contributed by atoms with Crippen molar-refractivity contribution < 1.29 is 33.8 Å². The second-order valence-corrected chi connectivity index (χ2v) is 9.39. The predicted molar refractivity (Wildman–Crippen MR) is 161 cm³/mol. The van der Waals surface area contributed by atoms with Crippen LogP contribution in [0.2, 0.25) is 0 Å². The van der Waals surface area contributed by atoms with Crippen LogP contribution in [0.3, 0.4) is 0 Å². The molecule has 4 rings (SSSR count). The van der Waals surface area contributed by atoms with Crippen LogP contribution in [0, 0.1) is 5.41 Å². The standard InChI is InChI=1S/C30H31N7O7/c1-3-43-27(40)13-15-37(24-6-4-5-14-32-24)29(41)20-9-12-23-22(16-20)34-25(36(23)2)17-33-21-10-7-19(8-11-21)28(31)35-30(42)44-18-26(38)39/h4-12,14,16,33H,3,13,15,17-18H2,1-2H3,(H,38,39)(H2,31,35,42). The van der Waals surface area contributed by atoms with Crippen LogP contribution in [-0.4, -0.2) is 69.2 Å². The van der Waals surface area contributed by atoms with Crippen LogP contribution in [0.1, 0.15) is 35.1 Å². The largest absolute Gasteiger partial charge is 0.479 e. The zero-order valence-corrected chi connectivity index (χ0v) is 24.1. The van der Waals surface area contributed by atoms with E-state index in [1.807, 2.05) is 17.7 Å². The zero-order chi connectivity index (χ0) is 31.6. The number of amides is 2. The van der Waals surface area contributed by atoms with Gasteiger partial charge in [0.25, 0.3) is 5.91 Å². The van der Waals surface area contributed by atoms with Crippen molar-refractivity contribution in [3.63, 3.8) is 0 Å². The van der Waals surface area contributed by atoms with E-state index in [4.69, 9.17) is 20.2 Å². The molecule has 4 aromatic rings. The molecule has 2 aromatic heterocycles. The van der Waals surface area contributed by atoms with Gasteiger partial charge in [0.05, 0.1) is 30.6 Å². The van der Waals surface area contributed by atoms with E-state index in [2.05, 4.69) is 20.4 Å². The second-order valence-electron chi connectivity index (χ2n) is 9.39. The number of benzene rings is 2. The number of amidine groups is 1. The first-order valence-corrected chi connectivity index (χ1v) is 13.6. The number of ether oxygens (including phenoxy) is 2. The highest BCUT2D eigenvalue weighted by Crippen LogP contribution is 2.21. The minimum absolute atomic E-state index is 0.0236. The third-order valence-corrected chi connectivity index (χ3v) is 6.41. The molecule has 2 heterocycles. The number of carboxylic acid groups (broad SMARTS) is 1. The summed E-state index contributed by atoms with van der Waals surface area (Å²) in [4.78, 5) is 58.1. The summed E-state index contributed by atoms with van der Waals surface area (Å²) in [5, 5.41) is 22.0. The van der Waals surface area contributed by atoms with Crippen molar-refractivity contribution >= 4 is 52.3 Å². The Bertz CT molecular complexity index is 1670. The number of rotatable bonds is 12. The molecule has 2 aromatic carbocycles. The Morgan fingerprint density at radius 1 is 1.02 bits per heavy atom. The van der Waals surface area contributed by atoms with Crippen molar-refractivity contribution in [2.45, 2.75) is 19.9 Å². The van der Waals surface area contributed by atoms with Crippen LogP contribution >= 0.6 is 0 Å². The Morgan fingerprint density at radius 3 is 2.45 bits per heavy atom. The molecule has 44 heavy (non-hydrogen) atoms. The fourth-order valence-corrected chi connectivity index (χ4v) is 4.24. The molecule has 0 aliphatic rings. The SMILES string of the molecule is CCOC(=O)CCN(C(=O)c1ccc2c(c1)nc(CNc1ccc(C(=N)NC(=O)OCC(=O)O)cc1)n2C)c1ccccn1. The molecule has 0 saturated heterocycles. The van der Waals surface area contributed by atoms with Gasteiger partial charge in [-0.2, -0.15) is 0 Å². The molecule has 0 aliphatic heterocycles. The molecular formula is C30H31N7O7. The Kier molecular flexibility index (Phi) is 10.2. The van der Waals surface area contributed by atoms with Gasteiger partial charge in [0.15, 0.2) is 6.61 Å². The first kappa shape index (κ1) is 31.2. The van der Waals surface area contributed by atoms with E-state index in [0.717, 1.165) is 11.2 Å². The summed E-state index contributed by atoms with van der Waals surface area (Å²) >= 11 is 0. The van der Waals surface area contributed by atoms with Crippen molar-refractivity contribution in [1.29, 1.82) is 5.41 Å². The Morgan fingerprint density at radius 2 is 1.77 bits per heavy atom. The van der Waals surface area contributed by atoms with Crippen molar-refractivity contribution in [3.05, 3.63) is 83.8 Å². The van der Waals surface area contributed by atoms with Crippen LogP contribution < -0.4 is 15.5 Å². The van der Waals surface area contributed by atoms with Crippen molar-refractivity contribution in [3.8, 4) is 0 Å². The minimum atomic E-state index is -1.30. The summed E-state index contributed by atoms with van der Waals surface area (Å²) in [7, 11) is 1.87. The van der Waals surface area contributed by atoms with Gasteiger partial charge in [-0.1, -0.05) is 6.07 Å². The summed E-state index contributed by atoms with van der Waals surface area (Å²) in [6.45, 7) is 1.64. The summed E-state index contributed by atoms with van der Waals surface area (Å²) in [6, 6.07) is 17.1. The third kappa shape index (κ3) is 7.94. The molecular weight excluding hydrogens is 570 g/mol. The number of imidazole rings is 1. The number of aliphatic carboxylic acids is 1. The molecule has 0 unspecified atom stereocenters. The van der Waals surface area contributed by atoms with Gasteiger partial charge in [-0.3, -0.25) is 25.2 Å². The van der Waals surface area contributed by atoms with E-state index in [1.54, 1.807) is 67.7 Å². The van der Waals surface area contributed by atoms with E-state index in [-0.39, 0.29) is 31.3 Å². The predicted octanol–water partition coefficient (Wildman–Crippen LogP) is 3.32. The number of anilines is 2. The number of esters is 1. The number of carbonyl (C=O) groups excluding carboxylic acids is 3. The Hall–Kier alpha value is -5.79. The molecule has 4 N–H and O–H groups in total. The average molecular weight is 602 g/mol. The van der Waals surface area contributed by atoms with Gasteiger partial charge in [-0.25, -0.2) is 19.6 Å². The molecule has 0 radical (unpaired) electrons. The molecule has 14 nitrogen and oxygen atoms in total. The molecule has 0 aliphatic carbocycles. The lowest BCUT2D eigenvalue weighted by Crippen LogP contribution is -2.34. The number of nitrogens with one attached hydrogen (secondary N) is 3. The second kappa shape index (κ2) is 14.4. The van der Waals surface area contributed by atoms with Gasteiger partial charge in [0.2, 0.25) is 0 Å². The summed E-state index contributed by atoms with van der Waals surface area (Å²) in [5.41, 5.74) is 2.95. The van der Waals surface area contributed by atoms with Crippen LogP contribution in [0.4, 0.5) is 16.3 Å². The van der Waals surface area contributed by atoms with E-state index in [0.29, 0.717) is 34.8 Å². The number of pyridine rings is 1. The highest BCUT2D eigenvalue weighted by atomic mass is 16.6. The number of aryl methyl sites for hydroxylation is 1. The lowest BCUT2D eigenvalue weighted by Gasteiger charge is -2.21. The fraction of sp³-hybridized carbons (Fsp3) is 0.233. The Labute approximate surface area is 252 Å². The van der Waals surface area contributed by atoms with Gasteiger partial charge < -0.3 is 24.5 Å². The number of carboxylic acids is 1. The maximum atomic E-state index is 13.6. The number of fused-ring (bicyclic) bond motifs is 1. The van der Waals surface area contributed by atoms with Gasteiger partial charge in [0.1, 0.15) is 17.5 Å². The van der Waals surface area contributed by atoms with E-state index < -0.39 is 24.6 Å². The molecule has 0 atom stereocenters. The third-order valence-electron chi connectivity index (χ3n) is 6.41. The summed E-state index contributed by atoms with van der Waals surface area (Å²) < 4.78 is 11.4. The molecule has 2 amide bonds. The first-order valence-electron chi connectivity index (χ1n) is 13.6. The number of alkyl carbamates (subject to hydrolysis) is 1. The Balaban J connectivity index is 1.43. The van der Waals surface area contributed by atoms with Gasteiger partial charge >= 0.3 is 18.0 Å². The van der Waals surface area contributed by atoms with Crippen molar-refractivity contribution in [2.24, 2.45) is 7.05 Å². The lowest BCUT2D eigenvalue weighted by molar-refractivity contribution is -0.143. The van der Waals surface area contributed by atoms with Crippen LogP contribution in [-0.2, 0) is 32.7 Å². The number of hydrogen-bond acceptors (Lipinski definition) is 10. The number of nitrogens with zero attached hydrogens (tertiary/aromatic N) is 4. The number of carbonyl (C=O) groups is 4. The highest BCUT2D eigenvalue weighted by Gasteiger charge is 2.21. The lowest BCUT2D eigenvalue weighted by atomic mass is 10.1. The molecule has 228 valence electrons. The molecule has 0 spiro atoms. The van der Waals surface area contributed by atoms with E-state index in [9.17, 15) is 19.2 Å². The minimum Gasteiger partial charge on any atom is -0.479 e. The topological polar surface area (TPSA) is 189 Å².